The lowest BCUT2D eigenvalue weighted by atomic mass is 10.2. The number of carbonyl (C=O) groups excluding carboxylic acids is 2. The molecule has 1 aromatic carbocycles. The molecule has 0 aliphatic heterocycles. The van der Waals surface area contributed by atoms with E-state index in [4.69, 9.17) is 5.11 Å². The highest BCUT2D eigenvalue weighted by atomic mass is 16.5. The van der Waals surface area contributed by atoms with Crippen LogP contribution in [0, 0.1) is 0 Å². The number of benzene rings is 1. The van der Waals surface area contributed by atoms with Gasteiger partial charge in [0.2, 0.25) is 5.91 Å². The first kappa shape index (κ1) is 13.7. The Morgan fingerprint density at radius 3 is 2.22 bits per heavy atom. The summed E-state index contributed by atoms with van der Waals surface area (Å²) in [6, 6.07) is 5.49. The number of carboxylic acids is 1. The van der Waals surface area contributed by atoms with Crippen molar-refractivity contribution in [2.45, 2.75) is 6.92 Å². The van der Waals surface area contributed by atoms with Gasteiger partial charge in [-0.25, -0.2) is 0 Å². The number of nitrogens with one attached hydrogen (secondary N) is 1. The van der Waals surface area contributed by atoms with Gasteiger partial charge < -0.3 is 10.4 Å². The summed E-state index contributed by atoms with van der Waals surface area (Å²) < 4.78 is 0. The third kappa shape index (κ3) is 3.56. The summed E-state index contributed by atoms with van der Waals surface area (Å²) in [7, 11) is 0. The van der Waals surface area contributed by atoms with E-state index < -0.39 is 24.3 Å². The van der Waals surface area contributed by atoms with Gasteiger partial charge in [0, 0.05) is 12.5 Å². The number of nitrogens with zero attached hydrogens (tertiary/aromatic N) is 1. The van der Waals surface area contributed by atoms with Gasteiger partial charge in [-0.15, -0.1) is 0 Å². The van der Waals surface area contributed by atoms with Crippen LogP contribution in [0.25, 0.3) is 0 Å². The molecule has 0 saturated carbocycles. The summed E-state index contributed by atoms with van der Waals surface area (Å²) in [5, 5.41) is 20.3. The van der Waals surface area contributed by atoms with E-state index in [2.05, 4.69) is 5.32 Å². The lowest BCUT2D eigenvalue weighted by molar-refractivity contribution is -0.135. The second-order valence-corrected chi connectivity index (χ2v) is 3.45. The van der Waals surface area contributed by atoms with Crippen molar-refractivity contribution in [1.82, 2.24) is 5.32 Å². The van der Waals surface area contributed by atoms with E-state index in [-0.39, 0.29) is 11.3 Å². The molecular weight excluding hydrogens is 240 g/mol. The number of aliphatic carboxylic acids is 1. The van der Waals surface area contributed by atoms with Gasteiger partial charge in [0.05, 0.1) is 5.69 Å². The van der Waals surface area contributed by atoms with Crippen molar-refractivity contribution in [2.24, 2.45) is 0 Å². The highest BCUT2D eigenvalue weighted by Gasteiger charge is 2.10. The van der Waals surface area contributed by atoms with Crippen LogP contribution in [-0.2, 0) is 9.59 Å². The van der Waals surface area contributed by atoms with Gasteiger partial charge in [-0.3, -0.25) is 19.6 Å². The third-order valence-electron chi connectivity index (χ3n) is 2.07. The molecule has 0 heterocycles. The molecule has 96 valence electrons. The number of hydrogen-bond acceptors (Lipinski definition) is 4. The number of anilines is 1. The van der Waals surface area contributed by atoms with Crippen LogP contribution in [0.3, 0.4) is 0 Å². The highest BCUT2D eigenvalue weighted by molar-refractivity contribution is 5.96. The zero-order valence-corrected chi connectivity index (χ0v) is 9.58. The molecule has 1 aromatic rings. The Labute approximate surface area is 103 Å². The van der Waals surface area contributed by atoms with Crippen molar-refractivity contribution < 1.29 is 24.7 Å². The minimum absolute atomic E-state index is 0.220. The summed E-state index contributed by atoms with van der Waals surface area (Å²) in [5.74, 6) is -2.24. The van der Waals surface area contributed by atoms with Crippen LogP contribution in [0.1, 0.15) is 17.3 Å². The Hall–Kier alpha value is -2.41. The fourth-order valence-electron chi connectivity index (χ4n) is 1.19. The van der Waals surface area contributed by atoms with Crippen LogP contribution in [0.4, 0.5) is 5.69 Å². The third-order valence-corrected chi connectivity index (χ3v) is 2.07. The molecule has 0 atom stereocenters. The largest absolute Gasteiger partial charge is 0.480 e. The van der Waals surface area contributed by atoms with Gasteiger partial charge in [0.25, 0.3) is 5.91 Å². The van der Waals surface area contributed by atoms with Crippen molar-refractivity contribution in [2.75, 3.05) is 11.6 Å². The molecule has 0 aliphatic carbocycles. The number of carbonyl (C=O) groups is 3. The van der Waals surface area contributed by atoms with Gasteiger partial charge in [0.15, 0.2) is 0 Å². The van der Waals surface area contributed by atoms with E-state index in [9.17, 15) is 19.6 Å². The molecule has 7 nitrogen and oxygen atoms in total. The monoisotopic (exact) mass is 252 g/mol. The molecular formula is C11H12N2O5. The van der Waals surface area contributed by atoms with Crippen LogP contribution >= 0.6 is 0 Å². The van der Waals surface area contributed by atoms with Crippen LogP contribution in [-0.4, -0.2) is 34.6 Å². The van der Waals surface area contributed by atoms with Gasteiger partial charge in [-0.1, -0.05) is 0 Å². The van der Waals surface area contributed by atoms with E-state index in [0.29, 0.717) is 5.06 Å². The summed E-state index contributed by atoms with van der Waals surface area (Å²) in [6.07, 6.45) is 0. The zero-order valence-electron chi connectivity index (χ0n) is 9.58. The minimum Gasteiger partial charge on any atom is -0.480 e. The van der Waals surface area contributed by atoms with Gasteiger partial charge in [-0.05, 0) is 24.3 Å². The van der Waals surface area contributed by atoms with Crippen LogP contribution in [0.15, 0.2) is 24.3 Å². The highest BCUT2D eigenvalue weighted by Crippen LogP contribution is 2.13. The fourth-order valence-corrected chi connectivity index (χ4v) is 1.19. The Bertz CT molecular complexity index is 469. The van der Waals surface area contributed by atoms with Gasteiger partial charge in [0.1, 0.15) is 6.54 Å². The molecule has 0 unspecified atom stereocenters. The van der Waals surface area contributed by atoms with E-state index >= 15 is 0 Å². The molecule has 2 amide bonds. The molecule has 0 saturated heterocycles. The molecule has 3 N–H and O–H groups in total. The first-order valence-corrected chi connectivity index (χ1v) is 5.01. The van der Waals surface area contributed by atoms with Crippen molar-refractivity contribution in [3.63, 3.8) is 0 Å². The average Bonchev–Trinajstić information content (AvgIpc) is 2.35. The summed E-state index contributed by atoms with van der Waals surface area (Å²) in [4.78, 5) is 32.6. The fraction of sp³-hybridized carbons (Fsp3) is 0.182. The Balaban J connectivity index is 2.73. The Morgan fingerprint density at radius 1 is 1.22 bits per heavy atom. The lowest BCUT2D eigenvalue weighted by Crippen LogP contribution is -2.29. The van der Waals surface area contributed by atoms with Crippen molar-refractivity contribution in [3.05, 3.63) is 29.8 Å². The summed E-state index contributed by atoms with van der Waals surface area (Å²) in [5.41, 5.74) is 0.453. The van der Waals surface area contributed by atoms with E-state index in [0.717, 1.165) is 0 Å². The first-order valence-electron chi connectivity index (χ1n) is 5.01. The first-order chi connectivity index (χ1) is 8.41. The average molecular weight is 252 g/mol. The smallest absolute Gasteiger partial charge is 0.322 e. The summed E-state index contributed by atoms with van der Waals surface area (Å²) >= 11 is 0. The number of carboxylic acid groups (broad SMARTS) is 1. The normalized spacial score (nSPS) is 9.67. The molecule has 7 heteroatoms. The van der Waals surface area contributed by atoms with Crippen LogP contribution in [0.2, 0.25) is 0 Å². The number of hydrogen-bond donors (Lipinski definition) is 3. The molecule has 1 rings (SSSR count). The molecule has 0 radical (unpaired) electrons. The number of rotatable bonds is 4. The van der Waals surface area contributed by atoms with E-state index in [1.807, 2.05) is 0 Å². The number of hydroxylamine groups is 1. The molecule has 0 bridgehead atoms. The number of amides is 2. The van der Waals surface area contributed by atoms with E-state index in [1.165, 1.54) is 31.2 Å². The van der Waals surface area contributed by atoms with Crippen molar-refractivity contribution in [1.29, 1.82) is 0 Å². The Kier molecular flexibility index (Phi) is 4.39. The van der Waals surface area contributed by atoms with Crippen LogP contribution in [0.5, 0.6) is 0 Å². The van der Waals surface area contributed by atoms with Crippen molar-refractivity contribution >= 4 is 23.5 Å². The van der Waals surface area contributed by atoms with Crippen LogP contribution < -0.4 is 10.4 Å². The second kappa shape index (κ2) is 5.78. The topological polar surface area (TPSA) is 107 Å². The van der Waals surface area contributed by atoms with Gasteiger partial charge >= 0.3 is 5.97 Å². The molecule has 0 aromatic heterocycles. The predicted molar refractivity (Wildman–Crippen MR) is 61.4 cm³/mol. The molecule has 18 heavy (non-hydrogen) atoms. The summed E-state index contributed by atoms with van der Waals surface area (Å²) in [6.45, 7) is 0.716. The lowest BCUT2D eigenvalue weighted by Gasteiger charge is -2.12. The molecule has 0 fully saturated rings. The molecule has 0 spiro atoms. The van der Waals surface area contributed by atoms with E-state index in [1.54, 1.807) is 0 Å². The minimum atomic E-state index is -1.14. The second-order valence-electron chi connectivity index (χ2n) is 3.45. The maximum Gasteiger partial charge on any atom is 0.322 e. The maximum absolute atomic E-state index is 11.4. The Morgan fingerprint density at radius 2 is 1.78 bits per heavy atom. The maximum atomic E-state index is 11.4. The SMILES string of the molecule is CC(=O)N(O)c1ccc(C(=O)NCC(=O)O)cc1. The quantitative estimate of drug-likeness (QED) is 0.525. The standard InChI is InChI=1S/C11H12N2O5/c1-7(14)13(18)9-4-2-8(3-5-9)11(17)12-6-10(15)16/h2-5,18H,6H2,1H3,(H,12,17)(H,15,16). The van der Waals surface area contributed by atoms with Gasteiger partial charge in [-0.2, -0.15) is 5.06 Å². The zero-order chi connectivity index (χ0) is 13.7. The van der Waals surface area contributed by atoms with Crippen molar-refractivity contribution in [3.8, 4) is 0 Å². The molecule has 0 aliphatic rings. The predicted octanol–water partition coefficient (Wildman–Crippen LogP) is 0.243.